The molecule has 2 unspecified atom stereocenters. The molecule has 0 N–H and O–H groups in total. The van der Waals surface area contributed by atoms with Crippen molar-refractivity contribution in [3.05, 3.63) is 120 Å². The number of epoxide rings is 2. The van der Waals surface area contributed by atoms with Crippen molar-refractivity contribution >= 4 is 0 Å². The maximum absolute atomic E-state index is 5.40. The normalized spacial score (nSPS) is 15.6. The number of hydrogen-bond acceptors (Lipinski definition) is 4. The molecule has 4 aromatic carbocycles. The van der Waals surface area contributed by atoms with Crippen LogP contribution >= 0.6 is 0 Å². The molecule has 4 nitrogen and oxygen atoms in total. The number of benzene rings is 4. The highest BCUT2D eigenvalue weighted by atomic mass is 16.6. The van der Waals surface area contributed by atoms with E-state index in [1.165, 1.54) is 22.3 Å². The molecule has 0 aromatic heterocycles. The van der Waals surface area contributed by atoms with Gasteiger partial charge in [-0.25, -0.2) is 0 Å². The zero-order valence-corrected chi connectivity index (χ0v) is 25.0. The molecule has 2 fully saturated rings. The third kappa shape index (κ3) is 14.0. The molecule has 4 aromatic rings. The Hall–Kier alpha value is -3.60. The minimum atomic E-state index is 0.343. The van der Waals surface area contributed by atoms with E-state index in [9.17, 15) is 0 Å². The van der Waals surface area contributed by atoms with E-state index >= 15 is 0 Å². The van der Waals surface area contributed by atoms with Gasteiger partial charge in [-0.15, -0.1) is 0 Å². The van der Waals surface area contributed by atoms with Crippen LogP contribution in [-0.4, -0.2) is 38.6 Å². The standard InChI is InChI=1S/C14H14.2C9H10O2.2C2H6/c1-11-3-7-13(8-4-11)14-9-5-12(2)6-10-14;2*1-2-4-8(5-3-1)10-6-9-7-11-9;2*1-2/h3-10H,1-2H3;2*1-5,9H,6-7H2;2*1-2H3. The minimum Gasteiger partial charge on any atom is -0.491 e. The van der Waals surface area contributed by atoms with Gasteiger partial charge < -0.3 is 18.9 Å². The lowest BCUT2D eigenvalue weighted by Gasteiger charge is -2.02. The lowest BCUT2D eigenvalue weighted by atomic mass is 10.0. The van der Waals surface area contributed by atoms with Crippen molar-refractivity contribution in [3.8, 4) is 22.6 Å². The fraction of sp³-hybridized carbons (Fsp3) is 0.333. The fourth-order valence-electron chi connectivity index (χ4n) is 3.23. The molecule has 4 heteroatoms. The Kier molecular flexibility index (Phi) is 15.9. The highest BCUT2D eigenvalue weighted by Gasteiger charge is 2.23. The Labute approximate surface area is 241 Å². The molecule has 0 amide bonds. The van der Waals surface area contributed by atoms with Crippen LogP contribution < -0.4 is 9.47 Å². The molecule has 2 heterocycles. The van der Waals surface area contributed by atoms with Gasteiger partial charge in [-0.2, -0.15) is 0 Å². The molecule has 0 spiro atoms. The van der Waals surface area contributed by atoms with Crippen LogP contribution in [0.25, 0.3) is 11.1 Å². The number of ether oxygens (including phenoxy) is 4. The van der Waals surface area contributed by atoms with Gasteiger partial charge in [-0.05, 0) is 49.2 Å². The molecule has 2 atom stereocenters. The first kappa shape index (κ1) is 32.6. The summed E-state index contributed by atoms with van der Waals surface area (Å²) in [5.74, 6) is 1.84. The van der Waals surface area contributed by atoms with Crippen LogP contribution in [0, 0.1) is 13.8 Å². The summed E-state index contributed by atoms with van der Waals surface area (Å²) in [6, 6.07) is 36.8. The summed E-state index contributed by atoms with van der Waals surface area (Å²) in [4.78, 5) is 0. The van der Waals surface area contributed by atoms with Crippen LogP contribution in [0.15, 0.2) is 109 Å². The largest absolute Gasteiger partial charge is 0.491 e. The van der Waals surface area contributed by atoms with E-state index in [0.29, 0.717) is 25.4 Å². The van der Waals surface area contributed by atoms with Crippen molar-refractivity contribution in [2.45, 2.75) is 53.8 Å². The summed E-state index contributed by atoms with van der Waals surface area (Å²) in [5, 5.41) is 0. The zero-order chi connectivity index (χ0) is 29.0. The minimum absolute atomic E-state index is 0.343. The first-order valence-corrected chi connectivity index (χ1v) is 14.4. The second-order valence-electron chi connectivity index (χ2n) is 8.89. The van der Waals surface area contributed by atoms with Gasteiger partial charge >= 0.3 is 0 Å². The molecule has 0 radical (unpaired) electrons. The Morgan fingerprint density at radius 2 is 0.800 bits per heavy atom. The van der Waals surface area contributed by atoms with Gasteiger partial charge in [0.1, 0.15) is 36.9 Å². The highest BCUT2D eigenvalue weighted by Crippen LogP contribution is 2.20. The van der Waals surface area contributed by atoms with Crippen molar-refractivity contribution in [2.24, 2.45) is 0 Å². The monoisotopic (exact) mass is 542 g/mol. The van der Waals surface area contributed by atoms with Gasteiger partial charge in [0, 0.05) is 0 Å². The summed E-state index contributed by atoms with van der Waals surface area (Å²) < 4.78 is 20.8. The molecular weight excluding hydrogens is 496 g/mol. The average molecular weight is 543 g/mol. The first-order chi connectivity index (χ1) is 19.7. The SMILES string of the molecule is CC.CC.Cc1ccc(-c2ccc(C)cc2)cc1.c1ccc(OCC2CO2)cc1.c1ccc(OCC2CO2)cc1. The number of para-hydroxylation sites is 2. The van der Waals surface area contributed by atoms with E-state index in [0.717, 1.165) is 24.7 Å². The van der Waals surface area contributed by atoms with E-state index in [1.54, 1.807) is 0 Å². The Morgan fingerprint density at radius 3 is 1.07 bits per heavy atom. The Balaban J connectivity index is 0.000000199. The van der Waals surface area contributed by atoms with Crippen LogP contribution in [0.5, 0.6) is 11.5 Å². The summed E-state index contributed by atoms with van der Waals surface area (Å²) in [6.07, 6.45) is 0.686. The predicted molar refractivity (Wildman–Crippen MR) is 167 cm³/mol. The average Bonchev–Trinajstić information content (AvgIpc) is 3.96. The van der Waals surface area contributed by atoms with E-state index in [2.05, 4.69) is 62.4 Å². The molecule has 40 heavy (non-hydrogen) atoms. The third-order valence-electron chi connectivity index (χ3n) is 5.60. The van der Waals surface area contributed by atoms with E-state index in [-0.39, 0.29) is 0 Å². The molecule has 2 aliphatic heterocycles. The quantitative estimate of drug-likeness (QED) is 0.219. The molecule has 2 saturated heterocycles. The van der Waals surface area contributed by atoms with Gasteiger partial charge in [0.2, 0.25) is 0 Å². The van der Waals surface area contributed by atoms with Crippen molar-refractivity contribution in [3.63, 3.8) is 0 Å². The van der Waals surface area contributed by atoms with Gasteiger partial charge in [-0.3, -0.25) is 0 Å². The summed E-state index contributed by atoms with van der Waals surface area (Å²) in [7, 11) is 0. The molecule has 0 saturated carbocycles. The van der Waals surface area contributed by atoms with Gasteiger partial charge in [-0.1, -0.05) is 124 Å². The van der Waals surface area contributed by atoms with E-state index in [1.807, 2.05) is 88.4 Å². The first-order valence-electron chi connectivity index (χ1n) is 14.4. The zero-order valence-electron chi connectivity index (χ0n) is 25.0. The maximum atomic E-state index is 5.40. The fourth-order valence-corrected chi connectivity index (χ4v) is 3.23. The van der Waals surface area contributed by atoms with Crippen LogP contribution in [0.2, 0.25) is 0 Å². The second-order valence-corrected chi connectivity index (χ2v) is 8.89. The molecule has 6 rings (SSSR count). The highest BCUT2D eigenvalue weighted by molar-refractivity contribution is 5.63. The van der Waals surface area contributed by atoms with Gasteiger partial charge in [0.15, 0.2) is 0 Å². The van der Waals surface area contributed by atoms with E-state index < -0.39 is 0 Å². The predicted octanol–water partition coefficient (Wildman–Crippen LogP) is 8.95. The molecule has 0 aliphatic carbocycles. The Morgan fingerprint density at radius 1 is 0.500 bits per heavy atom. The van der Waals surface area contributed by atoms with Gasteiger partial charge in [0.05, 0.1) is 13.2 Å². The van der Waals surface area contributed by atoms with Crippen LogP contribution in [-0.2, 0) is 9.47 Å². The number of hydrogen-bond donors (Lipinski definition) is 0. The molecule has 0 bridgehead atoms. The lowest BCUT2D eigenvalue weighted by Crippen LogP contribution is -2.03. The number of aryl methyl sites for hydroxylation is 2. The van der Waals surface area contributed by atoms with Crippen molar-refractivity contribution in [2.75, 3.05) is 26.4 Å². The topological polar surface area (TPSA) is 43.5 Å². The lowest BCUT2D eigenvalue weighted by molar-refractivity contribution is 0.263. The summed E-state index contributed by atoms with van der Waals surface area (Å²) >= 11 is 0. The number of rotatable bonds is 7. The second kappa shape index (κ2) is 19.5. The van der Waals surface area contributed by atoms with Gasteiger partial charge in [0.25, 0.3) is 0 Å². The molecular formula is C36H46O4. The summed E-state index contributed by atoms with van der Waals surface area (Å²) in [6.45, 7) is 15.3. The van der Waals surface area contributed by atoms with Crippen molar-refractivity contribution in [1.82, 2.24) is 0 Å². The van der Waals surface area contributed by atoms with Crippen molar-refractivity contribution in [1.29, 1.82) is 0 Å². The Bertz CT molecular complexity index is 1040. The van der Waals surface area contributed by atoms with Crippen molar-refractivity contribution < 1.29 is 18.9 Å². The van der Waals surface area contributed by atoms with E-state index in [4.69, 9.17) is 18.9 Å². The smallest absolute Gasteiger partial charge is 0.119 e. The van der Waals surface area contributed by atoms with Crippen LogP contribution in [0.1, 0.15) is 38.8 Å². The third-order valence-corrected chi connectivity index (χ3v) is 5.60. The van der Waals surface area contributed by atoms with Crippen LogP contribution in [0.3, 0.4) is 0 Å². The summed E-state index contributed by atoms with van der Waals surface area (Å²) in [5.41, 5.74) is 5.19. The molecule has 2 aliphatic rings. The maximum Gasteiger partial charge on any atom is 0.119 e. The van der Waals surface area contributed by atoms with Crippen LogP contribution in [0.4, 0.5) is 0 Å². The molecule has 214 valence electrons.